The number of amides is 1. The first-order chi connectivity index (χ1) is 7.92. The van der Waals surface area contributed by atoms with Crippen molar-refractivity contribution in [3.8, 4) is 0 Å². The summed E-state index contributed by atoms with van der Waals surface area (Å²) in [6.07, 6.45) is 8.58. The third-order valence-electron chi connectivity index (χ3n) is 2.19. The highest BCUT2D eigenvalue weighted by atomic mass is 16.6. The molecule has 1 radical (unpaired) electrons. The van der Waals surface area contributed by atoms with Crippen LogP contribution in [0.15, 0.2) is 23.8 Å². The molecule has 0 saturated heterocycles. The molecule has 4 nitrogen and oxygen atoms in total. The second-order valence-electron chi connectivity index (χ2n) is 4.89. The number of hydrogen-bond donors (Lipinski definition) is 1. The van der Waals surface area contributed by atoms with Crippen molar-refractivity contribution in [2.45, 2.75) is 45.3 Å². The summed E-state index contributed by atoms with van der Waals surface area (Å²) in [6, 6.07) is -0.713. The molecule has 0 fully saturated rings. The molecule has 93 valence electrons. The third kappa shape index (κ3) is 4.85. The Balaban J connectivity index is 2.55. The van der Waals surface area contributed by atoms with Crippen LogP contribution >= 0.6 is 0 Å². The molecule has 1 aliphatic carbocycles. The molecule has 0 aliphatic heterocycles. The summed E-state index contributed by atoms with van der Waals surface area (Å²) >= 11 is 0. The number of hydrogen-bond acceptors (Lipinski definition) is 3. The Bertz CT molecular complexity index is 350. The Kier molecular flexibility index (Phi) is 4.49. The molecule has 1 atom stereocenters. The van der Waals surface area contributed by atoms with E-state index < -0.39 is 17.7 Å². The summed E-state index contributed by atoms with van der Waals surface area (Å²) in [5, 5.41) is 2.51. The quantitative estimate of drug-likeness (QED) is 0.765. The minimum absolute atomic E-state index is 0.571. The Morgan fingerprint density at radius 2 is 2.18 bits per heavy atom. The van der Waals surface area contributed by atoms with Crippen LogP contribution in [-0.4, -0.2) is 24.0 Å². The third-order valence-corrected chi connectivity index (χ3v) is 2.19. The van der Waals surface area contributed by atoms with Gasteiger partial charge in [0, 0.05) is 0 Å². The van der Waals surface area contributed by atoms with Crippen LogP contribution in [0.2, 0.25) is 0 Å². The summed E-state index contributed by atoms with van der Waals surface area (Å²) in [6.45, 7) is 5.32. The van der Waals surface area contributed by atoms with Gasteiger partial charge in [0.15, 0.2) is 0 Å². The van der Waals surface area contributed by atoms with Crippen molar-refractivity contribution >= 4 is 12.4 Å². The van der Waals surface area contributed by atoms with Crippen molar-refractivity contribution in [3.05, 3.63) is 23.8 Å². The van der Waals surface area contributed by atoms with E-state index in [1.165, 1.54) is 0 Å². The highest BCUT2D eigenvalue weighted by molar-refractivity contribution is 5.76. The minimum atomic E-state index is -0.713. The van der Waals surface area contributed by atoms with Crippen LogP contribution in [-0.2, 0) is 9.53 Å². The Morgan fingerprint density at radius 1 is 1.47 bits per heavy atom. The summed E-state index contributed by atoms with van der Waals surface area (Å²) in [4.78, 5) is 22.4. The largest absolute Gasteiger partial charge is 0.444 e. The van der Waals surface area contributed by atoms with Gasteiger partial charge < -0.3 is 10.1 Å². The van der Waals surface area contributed by atoms with Crippen molar-refractivity contribution in [1.82, 2.24) is 5.32 Å². The van der Waals surface area contributed by atoms with Gasteiger partial charge in [-0.15, -0.1) is 0 Å². The zero-order valence-electron chi connectivity index (χ0n) is 10.4. The van der Waals surface area contributed by atoms with Crippen molar-refractivity contribution in [3.63, 3.8) is 0 Å². The Morgan fingerprint density at radius 3 is 2.65 bits per heavy atom. The van der Waals surface area contributed by atoms with Gasteiger partial charge >= 0.3 is 6.09 Å². The van der Waals surface area contributed by atoms with Crippen molar-refractivity contribution in [2.24, 2.45) is 0 Å². The molecule has 1 aliphatic rings. The van der Waals surface area contributed by atoms with Gasteiger partial charge in [0.05, 0.1) is 0 Å². The molecule has 17 heavy (non-hydrogen) atoms. The zero-order chi connectivity index (χ0) is 12.9. The smallest absolute Gasteiger partial charge is 0.408 e. The fourth-order valence-corrected chi connectivity index (χ4v) is 1.48. The van der Waals surface area contributed by atoms with Crippen LogP contribution in [0, 0.1) is 0 Å². The van der Waals surface area contributed by atoms with E-state index in [1.54, 1.807) is 20.8 Å². The fourth-order valence-electron chi connectivity index (χ4n) is 1.48. The molecule has 1 unspecified atom stereocenters. The first-order valence-corrected chi connectivity index (χ1v) is 5.63. The standard InChI is InChI=1S/C13H18NO3/c1-13(2,3)17-12(16)14-11(9-15)10-7-5-4-6-8-10/h4-5,8,11H,6-7H2,1-3H3,(H,14,16). The molecule has 0 bridgehead atoms. The average molecular weight is 236 g/mol. The van der Waals surface area contributed by atoms with Crippen LogP contribution in [0.4, 0.5) is 4.79 Å². The number of carbonyl (C=O) groups is 1. The molecule has 1 rings (SSSR count). The first-order valence-electron chi connectivity index (χ1n) is 5.63. The predicted octanol–water partition coefficient (Wildman–Crippen LogP) is 2.27. The van der Waals surface area contributed by atoms with E-state index >= 15 is 0 Å². The number of ether oxygens (including phenoxy) is 1. The molecule has 0 spiro atoms. The maximum Gasteiger partial charge on any atom is 0.408 e. The molecule has 0 heterocycles. The van der Waals surface area contributed by atoms with Crippen molar-refractivity contribution < 1.29 is 14.3 Å². The van der Waals surface area contributed by atoms with Gasteiger partial charge in [-0.05, 0) is 39.2 Å². The van der Waals surface area contributed by atoms with Gasteiger partial charge in [0.2, 0.25) is 6.29 Å². The molecule has 0 aromatic heterocycles. The van der Waals surface area contributed by atoms with E-state index in [0.29, 0.717) is 6.42 Å². The monoisotopic (exact) mass is 236 g/mol. The van der Waals surface area contributed by atoms with Gasteiger partial charge in [-0.25, -0.2) is 4.79 Å². The van der Waals surface area contributed by atoms with Crippen molar-refractivity contribution in [1.29, 1.82) is 0 Å². The van der Waals surface area contributed by atoms with Gasteiger partial charge in [-0.1, -0.05) is 18.2 Å². The molecule has 0 aromatic carbocycles. The maximum absolute atomic E-state index is 11.5. The highest BCUT2D eigenvalue weighted by Crippen LogP contribution is 2.14. The fraction of sp³-hybridized carbons (Fsp3) is 0.538. The van der Waals surface area contributed by atoms with Gasteiger partial charge in [-0.2, -0.15) is 0 Å². The number of rotatable bonds is 3. The highest BCUT2D eigenvalue weighted by Gasteiger charge is 2.21. The number of alkyl carbamates (subject to hydrolysis) is 1. The van der Waals surface area contributed by atoms with Crippen LogP contribution < -0.4 is 5.32 Å². The van der Waals surface area contributed by atoms with E-state index in [0.717, 1.165) is 12.0 Å². The van der Waals surface area contributed by atoms with Crippen LogP contribution in [0.25, 0.3) is 0 Å². The van der Waals surface area contributed by atoms with Gasteiger partial charge in [0.25, 0.3) is 0 Å². The molecular weight excluding hydrogens is 218 g/mol. The lowest BCUT2D eigenvalue weighted by atomic mass is 9.99. The molecule has 4 heteroatoms. The summed E-state index contributed by atoms with van der Waals surface area (Å²) < 4.78 is 5.09. The Labute approximate surface area is 102 Å². The predicted molar refractivity (Wildman–Crippen MR) is 65.3 cm³/mol. The first kappa shape index (κ1) is 13.5. The summed E-state index contributed by atoms with van der Waals surface area (Å²) in [7, 11) is 0. The summed E-state index contributed by atoms with van der Waals surface area (Å²) in [5.41, 5.74) is 0.284. The number of nitrogens with one attached hydrogen (secondary N) is 1. The van der Waals surface area contributed by atoms with Crippen molar-refractivity contribution in [2.75, 3.05) is 0 Å². The van der Waals surface area contributed by atoms with Crippen LogP contribution in [0.3, 0.4) is 0 Å². The molecular formula is C13H18NO3. The zero-order valence-corrected chi connectivity index (χ0v) is 10.4. The van der Waals surface area contributed by atoms with Gasteiger partial charge in [-0.3, -0.25) is 4.79 Å². The lowest BCUT2D eigenvalue weighted by molar-refractivity contribution is 0.0522. The lowest BCUT2D eigenvalue weighted by Gasteiger charge is -2.22. The SMILES string of the molecule is CC(C)(C)OC(=O)NC([C]=O)C1=CCC=CC1. The average Bonchev–Trinajstić information content (AvgIpc) is 2.24. The molecule has 0 saturated carbocycles. The molecule has 1 N–H and O–H groups in total. The second-order valence-corrected chi connectivity index (χ2v) is 4.89. The van der Waals surface area contributed by atoms with Crippen LogP contribution in [0.1, 0.15) is 33.6 Å². The number of carbonyl (C=O) groups excluding carboxylic acids is 2. The van der Waals surface area contributed by atoms with E-state index in [-0.39, 0.29) is 0 Å². The van der Waals surface area contributed by atoms with E-state index in [1.807, 2.05) is 24.5 Å². The van der Waals surface area contributed by atoms with Crippen LogP contribution in [0.5, 0.6) is 0 Å². The second kappa shape index (κ2) is 5.66. The topological polar surface area (TPSA) is 55.4 Å². The summed E-state index contributed by atoms with van der Waals surface area (Å²) in [5.74, 6) is 0. The molecule has 0 aromatic rings. The normalized spacial score (nSPS) is 17.0. The molecule has 1 amide bonds. The van der Waals surface area contributed by atoms with Gasteiger partial charge in [0.1, 0.15) is 11.6 Å². The van der Waals surface area contributed by atoms with E-state index in [4.69, 9.17) is 4.74 Å². The maximum atomic E-state index is 11.5. The minimum Gasteiger partial charge on any atom is -0.444 e. The Hall–Kier alpha value is -1.58. The van der Waals surface area contributed by atoms with E-state index in [9.17, 15) is 9.59 Å². The number of allylic oxidation sites excluding steroid dienone is 3. The lowest BCUT2D eigenvalue weighted by Crippen LogP contribution is -2.41. The van der Waals surface area contributed by atoms with E-state index in [2.05, 4.69) is 5.32 Å².